The lowest BCUT2D eigenvalue weighted by Gasteiger charge is -2.37. The molecule has 3 heterocycles. The first-order valence-electron chi connectivity index (χ1n) is 10.8. The van der Waals surface area contributed by atoms with Crippen LogP contribution in [0.3, 0.4) is 0 Å². The van der Waals surface area contributed by atoms with Crippen LogP contribution in [-0.2, 0) is 0 Å². The third-order valence-corrected chi connectivity index (χ3v) is 6.16. The molecule has 2 aromatic heterocycles. The van der Waals surface area contributed by atoms with E-state index in [-0.39, 0.29) is 23.5 Å². The highest BCUT2D eigenvalue weighted by molar-refractivity contribution is 6.07. The highest BCUT2D eigenvalue weighted by Crippen LogP contribution is 2.32. The molecular weight excluding hydrogens is 421 g/mol. The molecule has 0 spiro atoms. The van der Waals surface area contributed by atoms with Crippen LogP contribution in [0.4, 0.5) is 4.39 Å². The highest BCUT2D eigenvalue weighted by Gasteiger charge is 2.31. The number of H-pyrrole nitrogens is 1. The Labute approximate surface area is 190 Å². The molecule has 5 rings (SSSR count). The van der Waals surface area contributed by atoms with Crippen molar-refractivity contribution in [3.63, 3.8) is 0 Å². The Balaban J connectivity index is 1.63. The number of aromatic nitrogens is 3. The summed E-state index contributed by atoms with van der Waals surface area (Å²) in [6.07, 6.45) is 0. The normalized spacial score (nSPS) is 16.3. The van der Waals surface area contributed by atoms with E-state index in [0.29, 0.717) is 47.6 Å². The Bertz CT molecular complexity index is 1370. The molecule has 0 bridgehead atoms. The van der Waals surface area contributed by atoms with Crippen molar-refractivity contribution >= 4 is 16.9 Å². The maximum absolute atomic E-state index is 14.0. The van der Waals surface area contributed by atoms with Gasteiger partial charge < -0.3 is 15.3 Å². The Kier molecular flexibility index (Phi) is 5.30. The van der Waals surface area contributed by atoms with Gasteiger partial charge in [0, 0.05) is 25.2 Å². The van der Waals surface area contributed by atoms with Gasteiger partial charge in [0.25, 0.3) is 5.91 Å². The van der Waals surface area contributed by atoms with Crippen LogP contribution in [0.25, 0.3) is 22.3 Å². The lowest BCUT2D eigenvalue weighted by molar-refractivity contribution is 0.0636. The molecular formula is C25H24FN5O2. The third-order valence-electron chi connectivity index (χ3n) is 6.16. The number of benzene rings is 2. The monoisotopic (exact) mass is 445 g/mol. The van der Waals surface area contributed by atoms with Crippen molar-refractivity contribution in [3.8, 4) is 17.0 Å². The summed E-state index contributed by atoms with van der Waals surface area (Å²) in [4.78, 5) is 20.4. The molecule has 1 aliphatic heterocycles. The molecule has 1 atom stereocenters. The number of aromatic amines is 1. The van der Waals surface area contributed by atoms with Crippen LogP contribution < -0.4 is 5.32 Å². The number of hydrogen-bond acceptors (Lipinski definition) is 5. The van der Waals surface area contributed by atoms with Gasteiger partial charge in [0.1, 0.15) is 11.6 Å². The average Bonchev–Trinajstić information content (AvgIpc) is 3.19. The second-order valence-corrected chi connectivity index (χ2v) is 8.36. The van der Waals surface area contributed by atoms with Crippen LogP contribution in [0.15, 0.2) is 48.5 Å². The molecule has 1 aliphatic rings. The molecule has 4 aromatic rings. The van der Waals surface area contributed by atoms with Crippen LogP contribution in [0.1, 0.15) is 33.2 Å². The SMILES string of the molecule is Cc1cc(O)ccc1-c1cc(C(=O)N2CCNC[C@@H]2c2cccc(F)c2)c2c(C)n[nH]c2n1. The van der Waals surface area contributed by atoms with Crippen LogP contribution in [0.2, 0.25) is 0 Å². The van der Waals surface area contributed by atoms with E-state index >= 15 is 0 Å². The molecule has 1 amide bonds. The molecule has 3 N–H and O–H groups in total. The van der Waals surface area contributed by atoms with Gasteiger partial charge in [-0.1, -0.05) is 12.1 Å². The number of phenolic OH excluding ortho intramolecular Hbond substituents is 1. The van der Waals surface area contributed by atoms with Gasteiger partial charge in [0.05, 0.1) is 28.4 Å². The van der Waals surface area contributed by atoms with Crippen molar-refractivity contribution in [2.24, 2.45) is 0 Å². The first kappa shape index (κ1) is 21.1. The summed E-state index contributed by atoms with van der Waals surface area (Å²) in [5.41, 5.74) is 4.74. The quantitative estimate of drug-likeness (QED) is 0.445. The van der Waals surface area contributed by atoms with E-state index in [1.807, 2.05) is 19.9 Å². The van der Waals surface area contributed by atoms with Crippen LogP contribution in [-0.4, -0.2) is 50.7 Å². The topological polar surface area (TPSA) is 94.1 Å². The number of amides is 1. The molecule has 0 radical (unpaired) electrons. The minimum Gasteiger partial charge on any atom is -0.508 e. The van der Waals surface area contributed by atoms with Gasteiger partial charge in [-0.3, -0.25) is 9.89 Å². The summed E-state index contributed by atoms with van der Waals surface area (Å²) in [5, 5.41) is 21.0. The number of nitrogens with one attached hydrogen (secondary N) is 2. The zero-order valence-corrected chi connectivity index (χ0v) is 18.4. The lowest BCUT2D eigenvalue weighted by Crippen LogP contribution is -2.48. The number of pyridine rings is 1. The van der Waals surface area contributed by atoms with E-state index in [1.54, 1.807) is 35.2 Å². The maximum atomic E-state index is 14.0. The van der Waals surface area contributed by atoms with Crippen molar-refractivity contribution in [2.75, 3.05) is 19.6 Å². The van der Waals surface area contributed by atoms with Gasteiger partial charge in [-0.2, -0.15) is 5.10 Å². The van der Waals surface area contributed by atoms with Gasteiger partial charge in [0.15, 0.2) is 5.65 Å². The number of phenols is 1. The standard InChI is InChI=1S/C25H24FN5O2/c1-14-10-18(32)6-7-19(14)21-12-20(23-15(2)29-30-24(23)28-21)25(33)31-9-8-27-13-22(31)16-4-3-5-17(26)11-16/h3-7,10-12,22,27,32H,8-9,13H2,1-2H3,(H,28,29,30)/t22-/m1/s1. The smallest absolute Gasteiger partial charge is 0.255 e. The van der Waals surface area contributed by atoms with E-state index < -0.39 is 0 Å². The van der Waals surface area contributed by atoms with E-state index in [1.165, 1.54) is 12.1 Å². The number of hydrogen-bond donors (Lipinski definition) is 3. The van der Waals surface area contributed by atoms with E-state index in [9.17, 15) is 14.3 Å². The zero-order valence-electron chi connectivity index (χ0n) is 18.4. The number of carbonyl (C=O) groups excluding carboxylic acids is 1. The second kappa shape index (κ2) is 8.29. The molecule has 168 valence electrons. The van der Waals surface area contributed by atoms with Crippen LogP contribution >= 0.6 is 0 Å². The number of aryl methyl sites for hydroxylation is 2. The van der Waals surface area contributed by atoms with E-state index in [0.717, 1.165) is 16.7 Å². The predicted molar refractivity (Wildman–Crippen MR) is 124 cm³/mol. The van der Waals surface area contributed by atoms with Crippen molar-refractivity contribution in [3.05, 3.63) is 76.7 Å². The molecule has 2 aromatic carbocycles. The zero-order chi connectivity index (χ0) is 23.1. The number of rotatable bonds is 3. The highest BCUT2D eigenvalue weighted by atomic mass is 19.1. The second-order valence-electron chi connectivity index (χ2n) is 8.36. The predicted octanol–water partition coefficient (Wildman–Crippen LogP) is 3.87. The van der Waals surface area contributed by atoms with Crippen molar-refractivity contribution in [2.45, 2.75) is 19.9 Å². The number of halogens is 1. The lowest BCUT2D eigenvalue weighted by atomic mass is 9.98. The number of nitrogens with zero attached hydrogens (tertiary/aromatic N) is 3. The summed E-state index contributed by atoms with van der Waals surface area (Å²) >= 11 is 0. The first-order valence-corrected chi connectivity index (χ1v) is 10.8. The summed E-state index contributed by atoms with van der Waals surface area (Å²) < 4.78 is 13.9. The Morgan fingerprint density at radius 2 is 2.03 bits per heavy atom. The molecule has 7 nitrogen and oxygen atoms in total. The number of aromatic hydroxyl groups is 1. The average molecular weight is 445 g/mol. The van der Waals surface area contributed by atoms with E-state index in [2.05, 4.69) is 15.5 Å². The minimum atomic E-state index is -0.326. The number of piperazine rings is 1. The van der Waals surface area contributed by atoms with Crippen molar-refractivity contribution in [1.82, 2.24) is 25.4 Å². The fourth-order valence-corrected chi connectivity index (χ4v) is 4.54. The summed E-state index contributed by atoms with van der Waals surface area (Å²) in [7, 11) is 0. The minimum absolute atomic E-state index is 0.152. The summed E-state index contributed by atoms with van der Waals surface area (Å²) in [5.74, 6) is -0.308. The Hall–Kier alpha value is -3.78. The Morgan fingerprint density at radius 1 is 1.18 bits per heavy atom. The van der Waals surface area contributed by atoms with Gasteiger partial charge in [0.2, 0.25) is 0 Å². The molecule has 8 heteroatoms. The van der Waals surface area contributed by atoms with Crippen molar-refractivity contribution < 1.29 is 14.3 Å². The van der Waals surface area contributed by atoms with Crippen molar-refractivity contribution in [1.29, 1.82) is 0 Å². The van der Waals surface area contributed by atoms with Gasteiger partial charge in [-0.05, 0) is 61.4 Å². The van der Waals surface area contributed by atoms with Gasteiger partial charge >= 0.3 is 0 Å². The summed E-state index contributed by atoms with van der Waals surface area (Å²) in [6.45, 7) is 5.41. The Morgan fingerprint density at radius 3 is 2.82 bits per heavy atom. The van der Waals surface area contributed by atoms with Gasteiger partial charge in [-0.15, -0.1) is 0 Å². The molecule has 0 saturated carbocycles. The molecule has 0 unspecified atom stereocenters. The van der Waals surface area contributed by atoms with E-state index in [4.69, 9.17) is 4.98 Å². The number of carbonyl (C=O) groups is 1. The fraction of sp³-hybridized carbons (Fsp3) is 0.240. The fourth-order valence-electron chi connectivity index (χ4n) is 4.54. The molecule has 1 fully saturated rings. The third kappa shape index (κ3) is 3.82. The number of fused-ring (bicyclic) bond motifs is 1. The first-order chi connectivity index (χ1) is 15.9. The van der Waals surface area contributed by atoms with Gasteiger partial charge in [-0.25, -0.2) is 9.37 Å². The molecule has 33 heavy (non-hydrogen) atoms. The maximum Gasteiger partial charge on any atom is 0.255 e. The molecule has 0 aliphatic carbocycles. The summed E-state index contributed by atoms with van der Waals surface area (Å²) in [6, 6.07) is 12.9. The van der Waals surface area contributed by atoms with Crippen LogP contribution in [0.5, 0.6) is 5.75 Å². The molecule has 1 saturated heterocycles. The largest absolute Gasteiger partial charge is 0.508 e. The van der Waals surface area contributed by atoms with Crippen LogP contribution in [0, 0.1) is 19.7 Å².